The maximum Gasteiger partial charge on any atom is 0.239 e. The Kier molecular flexibility index (Phi) is 4.89. The highest BCUT2D eigenvalue weighted by Crippen LogP contribution is 2.31. The molecular weight excluding hydrogens is 374 g/mol. The van der Waals surface area contributed by atoms with Crippen LogP contribution in [0.5, 0.6) is 5.75 Å². The van der Waals surface area contributed by atoms with E-state index < -0.39 is 0 Å². The average Bonchev–Trinajstić information content (AvgIpc) is 3.14. The molecule has 2 atom stereocenters. The molecule has 6 nitrogen and oxygen atoms in total. The number of hydrogen-bond donors (Lipinski definition) is 0. The summed E-state index contributed by atoms with van der Waals surface area (Å²) in [4.78, 5) is 18.2. The molecule has 0 saturated carbocycles. The highest BCUT2D eigenvalue weighted by atomic mass is 79.9. The van der Waals surface area contributed by atoms with Gasteiger partial charge in [-0.15, -0.1) is 0 Å². The molecule has 1 aromatic carbocycles. The first kappa shape index (κ1) is 17.0. The Bertz CT molecular complexity index is 714. The van der Waals surface area contributed by atoms with Crippen molar-refractivity contribution in [1.82, 2.24) is 15.0 Å². The molecule has 0 bridgehead atoms. The standard InChI is InChI=1S/C17H20BrN3O3/c1-10(2)14(23-12-6-4-11(18)5-7-12)15-19-16(24-20-15)13-8-9-21(3)17(13)22/h4-7,10,13-14H,8-9H2,1-3H3. The molecule has 2 heterocycles. The first-order valence-electron chi connectivity index (χ1n) is 7.96. The molecule has 0 spiro atoms. The zero-order valence-electron chi connectivity index (χ0n) is 13.9. The van der Waals surface area contributed by atoms with Crippen LogP contribution in [0.3, 0.4) is 0 Å². The first-order valence-corrected chi connectivity index (χ1v) is 8.75. The topological polar surface area (TPSA) is 68.5 Å². The second kappa shape index (κ2) is 6.93. The molecule has 24 heavy (non-hydrogen) atoms. The summed E-state index contributed by atoms with van der Waals surface area (Å²) in [6.45, 7) is 4.78. The van der Waals surface area contributed by atoms with Crippen molar-refractivity contribution in [3.8, 4) is 5.75 Å². The van der Waals surface area contributed by atoms with Gasteiger partial charge in [0.15, 0.2) is 6.10 Å². The van der Waals surface area contributed by atoms with Gasteiger partial charge in [0.1, 0.15) is 11.7 Å². The van der Waals surface area contributed by atoms with Crippen LogP contribution in [-0.2, 0) is 4.79 Å². The second-order valence-electron chi connectivity index (χ2n) is 6.33. The average molecular weight is 394 g/mol. The van der Waals surface area contributed by atoms with Crippen molar-refractivity contribution < 1.29 is 14.1 Å². The number of likely N-dealkylation sites (tertiary alicyclic amines) is 1. The SMILES string of the molecule is CC(C)C(Oc1ccc(Br)cc1)c1noc(C2CCN(C)C2=O)n1. The van der Waals surface area contributed by atoms with Crippen molar-refractivity contribution in [1.29, 1.82) is 0 Å². The Hall–Kier alpha value is -1.89. The third-order valence-electron chi connectivity index (χ3n) is 4.12. The number of rotatable bonds is 5. The number of carbonyl (C=O) groups is 1. The Morgan fingerprint density at radius 2 is 2.04 bits per heavy atom. The molecule has 1 saturated heterocycles. The first-order chi connectivity index (χ1) is 11.5. The van der Waals surface area contributed by atoms with Crippen LogP contribution in [-0.4, -0.2) is 34.5 Å². The van der Waals surface area contributed by atoms with Crippen molar-refractivity contribution in [3.05, 3.63) is 40.5 Å². The van der Waals surface area contributed by atoms with E-state index in [0.717, 1.165) is 10.2 Å². The molecular formula is C17H20BrN3O3. The summed E-state index contributed by atoms with van der Waals surface area (Å²) in [5.74, 6) is 1.44. The van der Waals surface area contributed by atoms with E-state index in [0.29, 0.717) is 24.7 Å². The number of halogens is 1. The van der Waals surface area contributed by atoms with Crippen molar-refractivity contribution >= 4 is 21.8 Å². The van der Waals surface area contributed by atoms with Crippen molar-refractivity contribution in [2.24, 2.45) is 5.92 Å². The molecule has 128 valence electrons. The minimum atomic E-state index is -0.336. The Balaban J connectivity index is 1.79. The van der Waals surface area contributed by atoms with E-state index in [4.69, 9.17) is 9.26 Å². The fourth-order valence-electron chi connectivity index (χ4n) is 2.70. The van der Waals surface area contributed by atoms with Crippen LogP contribution in [0.15, 0.2) is 33.3 Å². The summed E-state index contributed by atoms with van der Waals surface area (Å²) < 4.78 is 12.4. The van der Waals surface area contributed by atoms with Crippen molar-refractivity contribution in [2.45, 2.75) is 32.3 Å². The maximum atomic E-state index is 12.1. The van der Waals surface area contributed by atoms with Gasteiger partial charge in [-0.1, -0.05) is 34.9 Å². The van der Waals surface area contributed by atoms with Gasteiger partial charge < -0.3 is 14.2 Å². The number of aromatic nitrogens is 2. The predicted molar refractivity (Wildman–Crippen MR) is 91.6 cm³/mol. The maximum absolute atomic E-state index is 12.1. The number of likely N-dealkylation sites (N-methyl/N-ethyl adjacent to an activating group) is 1. The summed E-state index contributed by atoms with van der Waals surface area (Å²) in [5.41, 5.74) is 0. The van der Waals surface area contributed by atoms with Gasteiger partial charge in [0.25, 0.3) is 0 Å². The molecule has 7 heteroatoms. The summed E-state index contributed by atoms with van der Waals surface area (Å²) in [6.07, 6.45) is 0.370. The molecule has 1 aliphatic rings. The normalized spacial score (nSPS) is 19.1. The number of amides is 1. The lowest BCUT2D eigenvalue weighted by atomic mass is 10.1. The zero-order valence-corrected chi connectivity index (χ0v) is 15.5. The van der Waals surface area contributed by atoms with Crippen LogP contribution in [0.25, 0.3) is 0 Å². The molecule has 1 aromatic heterocycles. The van der Waals surface area contributed by atoms with Gasteiger partial charge in [-0.3, -0.25) is 4.79 Å². The monoisotopic (exact) mass is 393 g/mol. The van der Waals surface area contributed by atoms with Gasteiger partial charge in [0.05, 0.1) is 0 Å². The lowest BCUT2D eigenvalue weighted by Crippen LogP contribution is -2.22. The molecule has 1 amide bonds. The van der Waals surface area contributed by atoms with Gasteiger partial charge >= 0.3 is 0 Å². The van der Waals surface area contributed by atoms with E-state index >= 15 is 0 Å². The van der Waals surface area contributed by atoms with Gasteiger partial charge in [-0.25, -0.2) is 0 Å². The van der Waals surface area contributed by atoms with E-state index in [2.05, 4.69) is 26.1 Å². The molecule has 1 aliphatic heterocycles. The van der Waals surface area contributed by atoms with E-state index in [9.17, 15) is 4.79 Å². The third kappa shape index (κ3) is 3.45. The quantitative estimate of drug-likeness (QED) is 0.776. The lowest BCUT2D eigenvalue weighted by molar-refractivity contribution is -0.128. The van der Waals surface area contributed by atoms with Gasteiger partial charge in [0, 0.05) is 18.1 Å². The highest BCUT2D eigenvalue weighted by Gasteiger charge is 2.36. The molecule has 3 rings (SSSR count). The second-order valence-corrected chi connectivity index (χ2v) is 7.24. The van der Waals surface area contributed by atoms with Crippen LogP contribution in [0.2, 0.25) is 0 Å². The lowest BCUT2D eigenvalue weighted by Gasteiger charge is -2.19. The fraction of sp³-hybridized carbons (Fsp3) is 0.471. The van der Waals surface area contributed by atoms with E-state index in [1.807, 2.05) is 38.1 Å². The number of hydrogen-bond acceptors (Lipinski definition) is 5. The third-order valence-corrected chi connectivity index (χ3v) is 4.65. The highest BCUT2D eigenvalue weighted by molar-refractivity contribution is 9.10. The smallest absolute Gasteiger partial charge is 0.239 e. The van der Waals surface area contributed by atoms with Gasteiger partial charge in [-0.05, 0) is 36.6 Å². The van der Waals surface area contributed by atoms with E-state index in [1.165, 1.54) is 0 Å². The van der Waals surface area contributed by atoms with Gasteiger partial charge in [-0.2, -0.15) is 4.98 Å². The minimum absolute atomic E-state index is 0.0279. The van der Waals surface area contributed by atoms with Crippen LogP contribution in [0.1, 0.15) is 44.0 Å². The zero-order chi connectivity index (χ0) is 17.3. The summed E-state index contributed by atoms with van der Waals surface area (Å²) in [6, 6.07) is 7.61. The predicted octanol–water partition coefficient (Wildman–Crippen LogP) is 3.55. The Morgan fingerprint density at radius 1 is 1.33 bits per heavy atom. The Morgan fingerprint density at radius 3 is 2.62 bits per heavy atom. The Labute approximate surface area is 149 Å². The molecule has 0 aliphatic carbocycles. The van der Waals surface area contributed by atoms with Crippen LogP contribution in [0, 0.1) is 5.92 Å². The molecule has 0 N–H and O–H groups in total. The number of nitrogens with zero attached hydrogens (tertiary/aromatic N) is 3. The summed E-state index contributed by atoms with van der Waals surface area (Å²) >= 11 is 3.41. The molecule has 2 unspecified atom stereocenters. The number of ether oxygens (including phenoxy) is 1. The van der Waals surface area contributed by atoms with Crippen LogP contribution in [0.4, 0.5) is 0 Å². The minimum Gasteiger partial charge on any atom is -0.482 e. The van der Waals surface area contributed by atoms with Crippen molar-refractivity contribution in [3.63, 3.8) is 0 Å². The largest absolute Gasteiger partial charge is 0.482 e. The molecule has 1 fully saturated rings. The molecule has 2 aromatic rings. The number of carbonyl (C=O) groups excluding carboxylic acids is 1. The number of benzene rings is 1. The van der Waals surface area contributed by atoms with E-state index in [-0.39, 0.29) is 23.8 Å². The van der Waals surface area contributed by atoms with Crippen LogP contribution < -0.4 is 4.74 Å². The van der Waals surface area contributed by atoms with E-state index in [1.54, 1.807) is 11.9 Å². The van der Waals surface area contributed by atoms with Gasteiger partial charge in [0.2, 0.25) is 17.6 Å². The fourth-order valence-corrected chi connectivity index (χ4v) is 2.97. The summed E-state index contributed by atoms with van der Waals surface area (Å²) in [5, 5.41) is 4.06. The van der Waals surface area contributed by atoms with Crippen LogP contribution >= 0.6 is 15.9 Å². The summed E-state index contributed by atoms with van der Waals surface area (Å²) in [7, 11) is 1.78. The molecule has 0 radical (unpaired) electrons. The van der Waals surface area contributed by atoms with Crippen molar-refractivity contribution in [2.75, 3.05) is 13.6 Å².